The number of amides is 1. The fourth-order valence-electron chi connectivity index (χ4n) is 3.38. The summed E-state index contributed by atoms with van der Waals surface area (Å²) in [5.41, 5.74) is 5.41. The minimum atomic E-state index is -0.161. The molecule has 0 saturated heterocycles. The Morgan fingerprint density at radius 3 is 2.54 bits per heavy atom. The smallest absolute Gasteiger partial charge is 0.269 e. The van der Waals surface area contributed by atoms with E-state index in [0.29, 0.717) is 18.8 Å². The summed E-state index contributed by atoms with van der Waals surface area (Å²) in [5.74, 6) is -0.161. The fourth-order valence-corrected chi connectivity index (χ4v) is 3.38. The van der Waals surface area contributed by atoms with Crippen molar-refractivity contribution in [2.24, 2.45) is 0 Å². The molecule has 5 nitrogen and oxygen atoms in total. The molecule has 0 saturated carbocycles. The molecule has 0 fully saturated rings. The van der Waals surface area contributed by atoms with Crippen LogP contribution in [0.4, 0.5) is 0 Å². The van der Waals surface area contributed by atoms with Crippen molar-refractivity contribution in [2.75, 3.05) is 20.1 Å². The minimum absolute atomic E-state index is 0. The zero-order chi connectivity index (χ0) is 18.8. The summed E-state index contributed by atoms with van der Waals surface area (Å²) >= 11 is 0. The highest BCUT2D eigenvalue weighted by molar-refractivity contribution is 6.13. The number of hydrogen-bond acceptors (Lipinski definition) is 3. The van der Waals surface area contributed by atoms with Gasteiger partial charge in [-0.1, -0.05) is 48.5 Å². The van der Waals surface area contributed by atoms with Crippen LogP contribution in [0.2, 0.25) is 0 Å². The highest BCUT2D eigenvalue weighted by Crippen LogP contribution is 2.33. The molecule has 4 aromatic rings. The molecule has 4 rings (SSSR count). The second-order valence-electron chi connectivity index (χ2n) is 6.63. The number of halogens is 1. The number of rotatable bonds is 5. The van der Waals surface area contributed by atoms with Gasteiger partial charge in [-0.3, -0.25) is 4.79 Å². The number of nitrogens with zero attached hydrogens (tertiary/aromatic N) is 1. The van der Waals surface area contributed by atoms with Crippen LogP contribution in [0.3, 0.4) is 0 Å². The molecular formula is C22H23ClN4O. The standard InChI is InChI=1S/C22H22N4O.ClH/c1-14-7-6-10-16-17-13-18(22(27)24-12-11-23-2)25-20(21(17)26-19(14)16)15-8-4-3-5-9-15;/h3-10,13,23,26H,11-12H2,1-2H3,(H,24,27);1H. The summed E-state index contributed by atoms with van der Waals surface area (Å²) in [4.78, 5) is 20.9. The van der Waals surface area contributed by atoms with E-state index in [0.717, 1.165) is 33.1 Å². The number of carbonyl (C=O) groups excluding carboxylic acids is 1. The number of aromatic nitrogens is 2. The van der Waals surface area contributed by atoms with Gasteiger partial charge in [0, 0.05) is 34.9 Å². The third-order valence-corrected chi connectivity index (χ3v) is 4.77. The molecule has 0 aliphatic heterocycles. The molecule has 144 valence electrons. The number of hydrogen-bond donors (Lipinski definition) is 3. The lowest BCUT2D eigenvalue weighted by Crippen LogP contribution is -2.31. The van der Waals surface area contributed by atoms with Crippen molar-refractivity contribution < 1.29 is 4.79 Å². The maximum atomic E-state index is 12.7. The van der Waals surface area contributed by atoms with E-state index in [1.165, 1.54) is 5.56 Å². The van der Waals surface area contributed by atoms with Gasteiger partial charge >= 0.3 is 0 Å². The molecule has 6 heteroatoms. The molecule has 2 heterocycles. The van der Waals surface area contributed by atoms with E-state index in [1.807, 2.05) is 49.5 Å². The highest BCUT2D eigenvalue weighted by atomic mass is 35.5. The van der Waals surface area contributed by atoms with Gasteiger partial charge in [0.1, 0.15) is 5.69 Å². The van der Waals surface area contributed by atoms with Crippen LogP contribution in [0.1, 0.15) is 16.1 Å². The van der Waals surface area contributed by atoms with Gasteiger partial charge in [-0.2, -0.15) is 0 Å². The Balaban J connectivity index is 0.00000225. The van der Waals surface area contributed by atoms with Crippen molar-refractivity contribution in [3.63, 3.8) is 0 Å². The largest absolute Gasteiger partial charge is 0.353 e. The van der Waals surface area contributed by atoms with Crippen LogP contribution in [0.5, 0.6) is 0 Å². The Kier molecular flexibility index (Phi) is 5.97. The van der Waals surface area contributed by atoms with Crippen molar-refractivity contribution in [1.82, 2.24) is 20.6 Å². The van der Waals surface area contributed by atoms with E-state index in [9.17, 15) is 4.79 Å². The van der Waals surface area contributed by atoms with Gasteiger partial charge in [0.2, 0.25) is 0 Å². The molecule has 0 radical (unpaired) electrons. The van der Waals surface area contributed by atoms with Crippen LogP contribution in [0, 0.1) is 6.92 Å². The first-order chi connectivity index (χ1) is 13.2. The topological polar surface area (TPSA) is 69.8 Å². The van der Waals surface area contributed by atoms with Gasteiger partial charge in [0.05, 0.1) is 11.2 Å². The maximum absolute atomic E-state index is 12.7. The van der Waals surface area contributed by atoms with Crippen molar-refractivity contribution in [3.8, 4) is 11.3 Å². The third kappa shape index (κ3) is 3.59. The molecule has 0 bridgehead atoms. The van der Waals surface area contributed by atoms with E-state index >= 15 is 0 Å². The molecule has 0 aliphatic rings. The Hall–Kier alpha value is -2.89. The van der Waals surface area contributed by atoms with Crippen LogP contribution in [0.25, 0.3) is 33.1 Å². The second kappa shape index (κ2) is 8.42. The van der Waals surface area contributed by atoms with Gasteiger partial charge in [0.25, 0.3) is 5.91 Å². The van der Waals surface area contributed by atoms with Gasteiger partial charge in [0.15, 0.2) is 0 Å². The molecule has 0 atom stereocenters. The summed E-state index contributed by atoms with van der Waals surface area (Å²) in [5, 5.41) is 8.07. The van der Waals surface area contributed by atoms with Gasteiger partial charge in [-0.15, -0.1) is 12.4 Å². The zero-order valence-corrected chi connectivity index (χ0v) is 16.7. The van der Waals surface area contributed by atoms with E-state index in [4.69, 9.17) is 4.98 Å². The van der Waals surface area contributed by atoms with E-state index in [2.05, 4.69) is 34.7 Å². The number of para-hydroxylation sites is 1. The molecule has 0 aliphatic carbocycles. The van der Waals surface area contributed by atoms with Crippen LogP contribution in [0.15, 0.2) is 54.6 Å². The summed E-state index contributed by atoms with van der Waals surface area (Å²) in [6.45, 7) is 3.35. The number of likely N-dealkylation sites (N-methyl/N-ethyl adjacent to an activating group) is 1. The Labute approximate surface area is 170 Å². The summed E-state index contributed by atoms with van der Waals surface area (Å²) in [6, 6.07) is 18.1. The zero-order valence-electron chi connectivity index (χ0n) is 15.9. The summed E-state index contributed by atoms with van der Waals surface area (Å²) < 4.78 is 0. The molecule has 1 amide bonds. The quantitative estimate of drug-likeness (QED) is 0.447. The van der Waals surface area contributed by atoms with Crippen LogP contribution >= 0.6 is 12.4 Å². The van der Waals surface area contributed by atoms with E-state index in [-0.39, 0.29) is 18.3 Å². The van der Waals surface area contributed by atoms with Crippen molar-refractivity contribution in [1.29, 1.82) is 0 Å². The molecule has 2 aromatic carbocycles. The van der Waals surface area contributed by atoms with Gasteiger partial charge in [-0.05, 0) is 25.6 Å². The SMILES string of the molecule is CNCCNC(=O)c1cc2c([nH]c3c(C)cccc32)c(-c2ccccc2)n1.Cl. The fraction of sp³-hybridized carbons (Fsp3) is 0.182. The number of pyridine rings is 1. The molecule has 28 heavy (non-hydrogen) atoms. The number of fused-ring (bicyclic) bond motifs is 3. The first kappa shape index (κ1) is 19.9. The normalized spacial score (nSPS) is 10.8. The lowest BCUT2D eigenvalue weighted by atomic mass is 10.1. The molecule has 2 aromatic heterocycles. The lowest BCUT2D eigenvalue weighted by molar-refractivity contribution is 0.0949. The molecule has 0 unspecified atom stereocenters. The van der Waals surface area contributed by atoms with Gasteiger partial charge in [-0.25, -0.2) is 4.98 Å². The number of nitrogens with one attached hydrogen (secondary N) is 3. The number of H-pyrrole nitrogens is 1. The Morgan fingerprint density at radius 2 is 1.79 bits per heavy atom. The summed E-state index contributed by atoms with van der Waals surface area (Å²) in [7, 11) is 1.86. The van der Waals surface area contributed by atoms with Crippen molar-refractivity contribution in [3.05, 3.63) is 65.9 Å². The summed E-state index contributed by atoms with van der Waals surface area (Å²) in [6.07, 6.45) is 0. The first-order valence-electron chi connectivity index (χ1n) is 9.09. The highest BCUT2D eigenvalue weighted by Gasteiger charge is 2.17. The van der Waals surface area contributed by atoms with E-state index < -0.39 is 0 Å². The third-order valence-electron chi connectivity index (χ3n) is 4.77. The molecule has 3 N–H and O–H groups in total. The first-order valence-corrected chi connectivity index (χ1v) is 9.09. The second-order valence-corrected chi connectivity index (χ2v) is 6.63. The number of aromatic amines is 1. The number of carbonyl (C=O) groups is 1. The minimum Gasteiger partial charge on any atom is -0.353 e. The van der Waals surface area contributed by atoms with E-state index in [1.54, 1.807) is 0 Å². The molecule has 0 spiro atoms. The lowest BCUT2D eigenvalue weighted by Gasteiger charge is -2.08. The van der Waals surface area contributed by atoms with Gasteiger partial charge < -0.3 is 15.6 Å². The van der Waals surface area contributed by atoms with Crippen molar-refractivity contribution >= 4 is 40.1 Å². The van der Waals surface area contributed by atoms with Crippen LogP contribution in [-0.4, -0.2) is 36.0 Å². The molecular weight excluding hydrogens is 372 g/mol. The Bertz CT molecular complexity index is 1120. The maximum Gasteiger partial charge on any atom is 0.269 e. The monoisotopic (exact) mass is 394 g/mol. The van der Waals surface area contributed by atoms with Crippen molar-refractivity contribution in [2.45, 2.75) is 6.92 Å². The van der Waals surface area contributed by atoms with Crippen LogP contribution in [-0.2, 0) is 0 Å². The average Bonchev–Trinajstić information content (AvgIpc) is 3.08. The van der Waals surface area contributed by atoms with Crippen LogP contribution < -0.4 is 10.6 Å². The number of aryl methyl sites for hydroxylation is 1. The Morgan fingerprint density at radius 1 is 1.00 bits per heavy atom. The predicted octanol–water partition coefficient (Wildman–Crippen LogP) is 4.06. The predicted molar refractivity (Wildman–Crippen MR) is 117 cm³/mol. The average molecular weight is 395 g/mol. The number of benzene rings is 2.